The summed E-state index contributed by atoms with van der Waals surface area (Å²) in [6.07, 6.45) is 3.64. The highest BCUT2D eigenvalue weighted by Gasteiger charge is 2.34. The van der Waals surface area contributed by atoms with E-state index < -0.39 is 5.97 Å². The molecule has 3 aromatic heterocycles. The number of carbonyl (C=O) groups excluding carboxylic acids is 2. The summed E-state index contributed by atoms with van der Waals surface area (Å²) in [4.78, 5) is 49.8. The van der Waals surface area contributed by atoms with Gasteiger partial charge in [-0.1, -0.05) is 34.5 Å². The van der Waals surface area contributed by atoms with E-state index in [0.717, 1.165) is 32.0 Å². The number of H-pyrrole nitrogens is 1. The molecule has 5 heterocycles. The Kier molecular flexibility index (Phi) is 9.53. The summed E-state index contributed by atoms with van der Waals surface area (Å²) >= 11 is 13.6. The number of hydrogen-bond acceptors (Lipinski definition) is 11. The van der Waals surface area contributed by atoms with Crippen LogP contribution < -0.4 is 15.1 Å². The van der Waals surface area contributed by atoms with Crippen molar-refractivity contribution in [1.29, 1.82) is 0 Å². The average molecular weight is 638 g/mol. The van der Waals surface area contributed by atoms with E-state index >= 15 is 0 Å². The van der Waals surface area contributed by atoms with Gasteiger partial charge in [0.15, 0.2) is 5.13 Å². The first-order chi connectivity index (χ1) is 20.2. The van der Waals surface area contributed by atoms with E-state index in [9.17, 15) is 9.59 Å². The van der Waals surface area contributed by atoms with Gasteiger partial charge in [-0.05, 0) is 27.3 Å². The highest BCUT2D eigenvalue weighted by molar-refractivity contribution is 7.17. The van der Waals surface area contributed by atoms with Crippen LogP contribution in [0.3, 0.4) is 0 Å². The van der Waals surface area contributed by atoms with Crippen molar-refractivity contribution in [3.8, 4) is 11.4 Å². The maximum atomic E-state index is 13.0. The predicted molar refractivity (Wildman–Crippen MR) is 163 cm³/mol. The maximum absolute atomic E-state index is 13.0. The number of amides is 1. The van der Waals surface area contributed by atoms with E-state index in [0.29, 0.717) is 51.6 Å². The molecule has 1 amide bonds. The molecule has 15 heteroatoms. The quantitative estimate of drug-likeness (QED) is 0.354. The number of aromatic nitrogens is 4. The van der Waals surface area contributed by atoms with Crippen molar-refractivity contribution in [1.82, 2.24) is 30.2 Å². The number of halogens is 2. The summed E-state index contributed by atoms with van der Waals surface area (Å²) in [5.74, 6) is -0.0104. The zero-order chi connectivity index (χ0) is 30.0. The Labute approximate surface area is 258 Å². The van der Waals surface area contributed by atoms with Gasteiger partial charge in [0.1, 0.15) is 27.8 Å². The Morgan fingerprint density at radius 1 is 1.12 bits per heavy atom. The number of esters is 1. The maximum Gasteiger partial charge on any atom is 0.350 e. The van der Waals surface area contributed by atoms with Crippen molar-refractivity contribution in [2.45, 2.75) is 32.4 Å². The van der Waals surface area contributed by atoms with Gasteiger partial charge in [-0.15, -0.1) is 0 Å². The second-order valence-electron chi connectivity index (χ2n) is 10.3. The van der Waals surface area contributed by atoms with E-state index in [2.05, 4.69) is 37.1 Å². The number of aryl methyl sites for hydroxylation is 1. The van der Waals surface area contributed by atoms with Crippen LogP contribution in [0.4, 0.5) is 10.9 Å². The number of nitrogens with zero attached hydrogens (tertiary/aromatic N) is 6. The van der Waals surface area contributed by atoms with Gasteiger partial charge in [0.05, 0.1) is 41.2 Å². The lowest BCUT2D eigenvalue weighted by molar-refractivity contribution is 0.0531. The van der Waals surface area contributed by atoms with Crippen molar-refractivity contribution in [2.24, 2.45) is 0 Å². The summed E-state index contributed by atoms with van der Waals surface area (Å²) in [5, 5.41) is 4.18. The predicted octanol–water partition coefficient (Wildman–Crippen LogP) is 3.50. The molecule has 42 heavy (non-hydrogen) atoms. The van der Waals surface area contributed by atoms with Gasteiger partial charge >= 0.3 is 5.97 Å². The summed E-state index contributed by atoms with van der Waals surface area (Å²) < 4.78 is 11.1. The standard InChI is InChI=1S/C27H34Cl2N8O4S/c1-5-41-26(39)24-22(17-12-31-19(13-30-17)36-10-8-35(3)9-11-36)34-27(42-24)37-7-6-16(18(14-37)40-4)33-25(38)23-21(29)20(28)15(2)32-23/h12-13,16,18,32H,5-11,14H2,1-4H3,(H,33,38). The zero-order valence-corrected chi connectivity index (χ0v) is 26.3. The summed E-state index contributed by atoms with van der Waals surface area (Å²) in [5.41, 5.74) is 1.78. The first-order valence-corrected chi connectivity index (χ1v) is 15.3. The Bertz CT molecular complexity index is 1420. The number of anilines is 2. The molecule has 0 spiro atoms. The number of thiazole rings is 1. The first-order valence-electron chi connectivity index (χ1n) is 13.8. The minimum atomic E-state index is -0.455. The lowest BCUT2D eigenvalue weighted by atomic mass is 10.0. The first kappa shape index (κ1) is 30.5. The minimum Gasteiger partial charge on any atom is -0.462 e. The van der Waals surface area contributed by atoms with Crippen LogP contribution in [0, 0.1) is 6.92 Å². The van der Waals surface area contributed by atoms with E-state index in [4.69, 9.17) is 37.7 Å². The van der Waals surface area contributed by atoms with Crippen LogP contribution in [0.2, 0.25) is 10.0 Å². The molecular weight excluding hydrogens is 603 g/mol. The molecule has 0 saturated carbocycles. The Balaban J connectivity index is 1.33. The Morgan fingerprint density at radius 3 is 2.50 bits per heavy atom. The van der Waals surface area contributed by atoms with Gasteiger partial charge in [0.25, 0.3) is 5.91 Å². The fourth-order valence-electron chi connectivity index (χ4n) is 5.06. The second-order valence-corrected chi connectivity index (χ2v) is 12.0. The molecule has 3 aromatic rings. The fourth-order valence-corrected chi connectivity index (χ4v) is 6.48. The average Bonchev–Trinajstić information content (AvgIpc) is 3.55. The molecule has 2 N–H and O–H groups in total. The monoisotopic (exact) mass is 636 g/mol. The van der Waals surface area contributed by atoms with Gasteiger partial charge in [-0.25, -0.2) is 19.7 Å². The van der Waals surface area contributed by atoms with Crippen LogP contribution in [0.25, 0.3) is 11.4 Å². The third kappa shape index (κ3) is 6.35. The molecule has 0 aromatic carbocycles. The fraction of sp³-hybridized carbons (Fsp3) is 0.519. The molecule has 2 aliphatic rings. The van der Waals surface area contributed by atoms with E-state index in [1.807, 2.05) is 4.90 Å². The lowest BCUT2D eigenvalue weighted by Crippen LogP contribution is -2.55. The second kappa shape index (κ2) is 13.1. The Morgan fingerprint density at radius 2 is 1.88 bits per heavy atom. The topological polar surface area (TPSA) is 129 Å². The molecule has 2 atom stereocenters. The van der Waals surface area contributed by atoms with Gasteiger partial charge in [-0.3, -0.25) is 4.79 Å². The van der Waals surface area contributed by atoms with Crippen LogP contribution >= 0.6 is 34.5 Å². The number of ether oxygens (including phenoxy) is 2. The van der Waals surface area contributed by atoms with Crippen LogP contribution in [-0.2, 0) is 9.47 Å². The number of aromatic amines is 1. The molecular formula is C27H34Cl2N8O4S. The van der Waals surface area contributed by atoms with Crippen molar-refractivity contribution < 1.29 is 19.1 Å². The largest absolute Gasteiger partial charge is 0.462 e. The number of piperazine rings is 1. The summed E-state index contributed by atoms with van der Waals surface area (Å²) in [6.45, 7) is 8.46. The van der Waals surface area contributed by atoms with E-state index in [-0.39, 0.29) is 35.4 Å². The number of piperidine rings is 1. The molecule has 2 saturated heterocycles. The minimum absolute atomic E-state index is 0.194. The molecule has 2 fully saturated rings. The van der Waals surface area contributed by atoms with E-state index in [1.165, 1.54) is 11.3 Å². The van der Waals surface area contributed by atoms with Crippen molar-refractivity contribution >= 4 is 57.4 Å². The normalized spacial score (nSPS) is 19.7. The van der Waals surface area contributed by atoms with Crippen LogP contribution in [0.5, 0.6) is 0 Å². The number of likely N-dealkylation sites (N-methyl/N-ethyl adjacent to an activating group) is 1. The summed E-state index contributed by atoms with van der Waals surface area (Å²) in [6, 6.07) is -0.269. The summed E-state index contributed by atoms with van der Waals surface area (Å²) in [7, 11) is 3.71. The molecule has 2 unspecified atom stereocenters. The Hall–Kier alpha value is -2.97. The van der Waals surface area contributed by atoms with Crippen molar-refractivity contribution in [3.63, 3.8) is 0 Å². The number of hydrogen-bond donors (Lipinski definition) is 2. The molecule has 0 aliphatic carbocycles. The number of carbonyl (C=O) groups is 2. The third-order valence-electron chi connectivity index (χ3n) is 7.51. The SMILES string of the molecule is CCOC(=O)c1sc(N2CCC(NC(=O)c3[nH]c(C)c(Cl)c3Cl)C(OC)C2)nc1-c1cnc(N2CCN(C)CC2)cn1. The van der Waals surface area contributed by atoms with Crippen molar-refractivity contribution in [3.05, 3.63) is 38.7 Å². The smallest absolute Gasteiger partial charge is 0.350 e. The highest BCUT2D eigenvalue weighted by Crippen LogP contribution is 2.35. The van der Waals surface area contributed by atoms with Crippen molar-refractivity contribution in [2.75, 3.05) is 69.8 Å². The zero-order valence-electron chi connectivity index (χ0n) is 23.9. The number of nitrogens with one attached hydrogen (secondary N) is 2. The van der Waals surface area contributed by atoms with Crippen LogP contribution in [-0.4, -0.2) is 109 Å². The highest BCUT2D eigenvalue weighted by atomic mass is 35.5. The molecule has 12 nitrogen and oxygen atoms in total. The molecule has 226 valence electrons. The molecule has 5 rings (SSSR count). The van der Waals surface area contributed by atoms with Gasteiger partial charge in [0, 0.05) is 52.1 Å². The van der Waals surface area contributed by atoms with Gasteiger partial charge in [-0.2, -0.15) is 0 Å². The molecule has 0 radical (unpaired) electrons. The third-order valence-corrected chi connectivity index (χ3v) is 9.56. The van der Waals surface area contributed by atoms with Crippen LogP contribution in [0.15, 0.2) is 12.4 Å². The lowest BCUT2D eigenvalue weighted by Gasteiger charge is -2.37. The van der Waals surface area contributed by atoms with Gasteiger partial charge in [0.2, 0.25) is 0 Å². The molecule has 0 bridgehead atoms. The van der Waals surface area contributed by atoms with E-state index in [1.54, 1.807) is 33.4 Å². The molecule has 2 aliphatic heterocycles. The number of methoxy groups -OCH3 is 1. The number of rotatable bonds is 8. The van der Waals surface area contributed by atoms with Crippen LogP contribution in [0.1, 0.15) is 39.2 Å². The van der Waals surface area contributed by atoms with Gasteiger partial charge < -0.3 is 34.5 Å².